The van der Waals surface area contributed by atoms with E-state index < -0.39 is 0 Å². The fourth-order valence-corrected chi connectivity index (χ4v) is 2.45. The molecule has 0 atom stereocenters. The minimum Gasteiger partial charge on any atom is -0.396 e. The predicted molar refractivity (Wildman–Crippen MR) is 89.4 cm³/mol. The molecule has 0 bridgehead atoms. The SMILES string of the molecule is COC(CCCCCCCCCCC/C=C/CCO)OC. The number of unbranched alkanes of at least 4 members (excludes halogenated alkanes) is 9. The molecule has 3 heteroatoms. The molecule has 0 rings (SSSR count). The summed E-state index contributed by atoms with van der Waals surface area (Å²) in [5.41, 5.74) is 0. The zero-order valence-corrected chi connectivity index (χ0v) is 14.2. The maximum Gasteiger partial charge on any atom is 0.156 e. The average molecular weight is 300 g/mol. The van der Waals surface area contributed by atoms with Crippen LogP contribution in [0.4, 0.5) is 0 Å². The van der Waals surface area contributed by atoms with E-state index >= 15 is 0 Å². The first-order valence-corrected chi connectivity index (χ1v) is 8.66. The molecule has 21 heavy (non-hydrogen) atoms. The summed E-state index contributed by atoms with van der Waals surface area (Å²) in [4.78, 5) is 0. The third-order valence-corrected chi connectivity index (χ3v) is 3.80. The molecule has 0 aromatic rings. The molecule has 0 unspecified atom stereocenters. The van der Waals surface area contributed by atoms with Crippen LogP contribution in [0, 0.1) is 0 Å². The van der Waals surface area contributed by atoms with Gasteiger partial charge in [0, 0.05) is 20.8 Å². The molecule has 0 spiro atoms. The Labute approximate surface area is 131 Å². The molecule has 0 aromatic heterocycles. The zero-order chi connectivity index (χ0) is 15.6. The number of allylic oxidation sites excluding steroid dienone is 1. The van der Waals surface area contributed by atoms with Crippen molar-refractivity contribution in [3.05, 3.63) is 12.2 Å². The van der Waals surface area contributed by atoms with Crippen molar-refractivity contribution in [2.45, 2.75) is 83.3 Å². The first-order chi connectivity index (χ1) is 10.3. The van der Waals surface area contributed by atoms with Gasteiger partial charge < -0.3 is 14.6 Å². The lowest BCUT2D eigenvalue weighted by Crippen LogP contribution is -2.12. The van der Waals surface area contributed by atoms with Crippen molar-refractivity contribution >= 4 is 0 Å². The van der Waals surface area contributed by atoms with Gasteiger partial charge in [-0.2, -0.15) is 0 Å². The first-order valence-electron chi connectivity index (χ1n) is 8.66. The highest BCUT2D eigenvalue weighted by Gasteiger charge is 2.03. The van der Waals surface area contributed by atoms with Gasteiger partial charge in [0.2, 0.25) is 0 Å². The van der Waals surface area contributed by atoms with Gasteiger partial charge >= 0.3 is 0 Å². The molecule has 1 N–H and O–H groups in total. The normalized spacial score (nSPS) is 11.8. The Balaban J connectivity index is 3.09. The van der Waals surface area contributed by atoms with Crippen molar-refractivity contribution in [3.8, 4) is 0 Å². The number of methoxy groups -OCH3 is 2. The third-order valence-electron chi connectivity index (χ3n) is 3.80. The van der Waals surface area contributed by atoms with Crippen LogP contribution in [-0.4, -0.2) is 32.2 Å². The van der Waals surface area contributed by atoms with E-state index in [1.54, 1.807) is 14.2 Å². The predicted octanol–water partition coefficient (Wildman–Crippen LogP) is 4.84. The van der Waals surface area contributed by atoms with Crippen LogP contribution in [0.15, 0.2) is 12.2 Å². The van der Waals surface area contributed by atoms with Gasteiger partial charge in [0.15, 0.2) is 6.29 Å². The van der Waals surface area contributed by atoms with Gasteiger partial charge in [-0.25, -0.2) is 0 Å². The topological polar surface area (TPSA) is 38.7 Å². The summed E-state index contributed by atoms with van der Waals surface area (Å²) >= 11 is 0. The lowest BCUT2D eigenvalue weighted by Gasteiger charge is -2.12. The summed E-state index contributed by atoms with van der Waals surface area (Å²) in [5, 5.41) is 8.63. The number of aliphatic hydroxyl groups excluding tert-OH is 1. The molecule has 0 saturated carbocycles. The third kappa shape index (κ3) is 15.8. The van der Waals surface area contributed by atoms with Crippen molar-refractivity contribution in [1.82, 2.24) is 0 Å². The van der Waals surface area contributed by atoms with Crippen molar-refractivity contribution in [1.29, 1.82) is 0 Å². The second-order valence-corrected chi connectivity index (χ2v) is 5.64. The Bertz CT molecular complexity index is 213. The summed E-state index contributed by atoms with van der Waals surface area (Å²) < 4.78 is 10.3. The van der Waals surface area contributed by atoms with Gasteiger partial charge in [-0.1, -0.05) is 57.1 Å². The quantitative estimate of drug-likeness (QED) is 0.252. The first kappa shape index (κ1) is 20.6. The van der Waals surface area contributed by atoms with E-state index in [0.29, 0.717) is 0 Å². The Kier molecular flexibility index (Phi) is 17.4. The molecule has 0 fully saturated rings. The van der Waals surface area contributed by atoms with Crippen LogP contribution in [0.5, 0.6) is 0 Å². The molecule has 0 amide bonds. The van der Waals surface area contributed by atoms with E-state index in [9.17, 15) is 0 Å². The van der Waals surface area contributed by atoms with Crippen molar-refractivity contribution < 1.29 is 14.6 Å². The molecular formula is C18H36O3. The van der Waals surface area contributed by atoms with Gasteiger partial charge in [0.25, 0.3) is 0 Å². The Morgan fingerprint density at radius 1 is 0.714 bits per heavy atom. The molecule has 0 aliphatic rings. The summed E-state index contributed by atoms with van der Waals surface area (Å²) in [5.74, 6) is 0. The highest BCUT2D eigenvalue weighted by Crippen LogP contribution is 2.13. The largest absolute Gasteiger partial charge is 0.396 e. The summed E-state index contributed by atoms with van der Waals surface area (Å²) in [6.07, 6.45) is 19.2. The molecular weight excluding hydrogens is 264 g/mol. The minimum atomic E-state index is -0.0172. The molecule has 0 saturated heterocycles. The van der Waals surface area contributed by atoms with E-state index in [1.165, 1.54) is 64.2 Å². The lowest BCUT2D eigenvalue weighted by molar-refractivity contribution is -0.107. The maximum atomic E-state index is 8.63. The standard InChI is InChI=1S/C18H36O3/c1-20-18(21-2)16-14-12-10-8-6-4-3-5-7-9-11-13-15-17-19/h11,13,18-19H,3-10,12,14-17H2,1-2H3/b13-11+. The van der Waals surface area contributed by atoms with Gasteiger partial charge in [0.05, 0.1) is 0 Å². The molecule has 0 aliphatic carbocycles. The fourth-order valence-electron chi connectivity index (χ4n) is 2.45. The minimum absolute atomic E-state index is 0.0172. The smallest absolute Gasteiger partial charge is 0.156 e. The highest BCUT2D eigenvalue weighted by atomic mass is 16.7. The average Bonchev–Trinajstić information content (AvgIpc) is 2.51. The van der Waals surface area contributed by atoms with Gasteiger partial charge in [-0.3, -0.25) is 0 Å². The zero-order valence-electron chi connectivity index (χ0n) is 14.2. The summed E-state index contributed by atoms with van der Waals surface area (Å²) in [6.45, 7) is 0.272. The van der Waals surface area contributed by atoms with Crippen molar-refractivity contribution in [3.63, 3.8) is 0 Å². The van der Waals surface area contributed by atoms with Crippen LogP contribution in [0.2, 0.25) is 0 Å². The monoisotopic (exact) mass is 300 g/mol. The van der Waals surface area contributed by atoms with Crippen LogP contribution in [0.25, 0.3) is 0 Å². The maximum absolute atomic E-state index is 8.63. The number of hydrogen-bond acceptors (Lipinski definition) is 3. The number of aliphatic hydroxyl groups is 1. The fraction of sp³-hybridized carbons (Fsp3) is 0.889. The van der Waals surface area contributed by atoms with Crippen LogP contribution < -0.4 is 0 Å². The highest BCUT2D eigenvalue weighted by molar-refractivity contribution is 4.80. The summed E-state index contributed by atoms with van der Waals surface area (Å²) in [6, 6.07) is 0. The molecule has 126 valence electrons. The van der Waals surface area contributed by atoms with Crippen LogP contribution in [0.1, 0.15) is 77.0 Å². The van der Waals surface area contributed by atoms with Crippen molar-refractivity contribution in [2.75, 3.05) is 20.8 Å². The molecule has 3 nitrogen and oxygen atoms in total. The van der Waals surface area contributed by atoms with E-state index in [-0.39, 0.29) is 12.9 Å². The van der Waals surface area contributed by atoms with E-state index in [4.69, 9.17) is 14.6 Å². The van der Waals surface area contributed by atoms with E-state index in [0.717, 1.165) is 12.8 Å². The molecule has 0 aliphatic heterocycles. The van der Waals surface area contributed by atoms with Gasteiger partial charge in [-0.15, -0.1) is 0 Å². The van der Waals surface area contributed by atoms with Crippen LogP contribution in [0.3, 0.4) is 0 Å². The second kappa shape index (κ2) is 17.7. The second-order valence-electron chi connectivity index (χ2n) is 5.64. The Morgan fingerprint density at radius 3 is 1.71 bits per heavy atom. The molecule has 0 aromatic carbocycles. The van der Waals surface area contributed by atoms with Crippen LogP contribution in [-0.2, 0) is 9.47 Å². The Morgan fingerprint density at radius 2 is 1.19 bits per heavy atom. The Hall–Kier alpha value is -0.380. The number of hydrogen-bond donors (Lipinski definition) is 1. The van der Waals surface area contributed by atoms with Crippen molar-refractivity contribution in [2.24, 2.45) is 0 Å². The molecule has 0 radical (unpaired) electrons. The van der Waals surface area contributed by atoms with Gasteiger partial charge in [0.1, 0.15) is 0 Å². The van der Waals surface area contributed by atoms with Crippen LogP contribution >= 0.6 is 0 Å². The van der Waals surface area contributed by atoms with E-state index in [2.05, 4.69) is 12.2 Å². The lowest BCUT2D eigenvalue weighted by atomic mass is 10.1. The molecule has 0 heterocycles. The number of rotatable bonds is 16. The van der Waals surface area contributed by atoms with Gasteiger partial charge in [-0.05, 0) is 32.1 Å². The van der Waals surface area contributed by atoms with E-state index in [1.807, 2.05) is 0 Å². The summed E-state index contributed by atoms with van der Waals surface area (Å²) in [7, 11) is 3.41. The number of ether oxygens (including phenoxy) is 2.